The Bertz CT molecular complexity index is 583. The fourth-order valence-corrected chi connectivity index (χ4v) is 2.03. The molecule has 89 valence electrons. The second-order valence-electron chi connectivity index (χ2n) is 3.70. The topological polar surface area (TPSA) is 0 Å². The zero-order valence-electron chi connectivity index (χ0n) is 9.61. The first-order valence-corrected chi connectivity index (χ1v) is 5.15. The van der Waals surface area contributed by atoms with Crippen molar-refractivity contribution in [2.75, 3.05) is 0 Å². The van der Waals surface area contributed by atoms with Gasteiger partial charge in [0.05, 0.1) is 0 Å². The average Bonchev–Trinajstić information content (AvgIpc) is 2.82. The monoisotopic (exact) mass is 351 g/mol. The molecule has 0 aromatic heterocycles. The minimum absolute atomic E-state index is 0. The van der Waals surface area contributed by atoms with Crippen LogP contribution in [0.2, 0.25) is 0 Å². The number of halogens is 2. The van der Waals surface area contributed by atoms with Crippen molar-refractivity contribution < 1.29 is 51.0 Å². The third-order valence-corrected chi connectivity index (χ3v) is 2.76. The van der Waals surface area contributed by atoms with E-state index in [1.165, 1.54) is 21.9 Å². The molecule has 3 rings (SSSR count). The van der Waals surface area contributed by atoms with Crippen molar-refractivity contribution >= 4 is 10.8 Å². The molecule has 3 heteroatoms. The molecule has 0 aliphatic carbocycles. The fourth-order valence-electron chi connectivity index (χ4n) is 2.03. The maximum absolute atomic E-state index is 2.18. The largest absolute Gasteiger partial charge is 3.00 e. The summed E-state index contributed by atoms with van der Waals surface area (Å²) in [4.78, 5) is 0. The molecule has 3 aromatic carbocycles. The number of fused-ring (bicyclic) bond motifs is 1. The van der Waals surface area contributed by atoms with Crippen molar-refractivity contribution in [1.82, 2.24) is 0 Å². The molecule has 0 bridgehead atoms. The molecule has 1 radical (unpaired) electrons. The third-order valence-electron chi connectivity index (χ3n) is 2.76. The SMILES string of the molecule is [Cl-].[Cl-].[Zr+3].c1ccc2c(-[c-]3cccc3)cccc2c1. The van der Waals surface area contributed by atoms with E-state index in [0.29, 0.717) is 0 Å². The Balaban J connectivity index is 0.000000963. The van der Waals surface area contributed by atoms with Crippen molar-refractivity contribution in [2.45, 2.75) is 0 Å². The Morgan fingerprint density at radius 1 is 0.667 bits per heavy atom. The van der Waals surface area contributed by atoms with Gasteiger partial charge in [0.15, 0.2) is 0 Å². The molecule has 0 spiro atoms. The summed E-state index contributed by atoms with van der Waals surface area (Å²) < 4.78 is 0. The molecule has 3 aromatic rings. The third kappa shape index (κ3) is 3.29. The first kappa shape index (κ1) is 17.5. The Hall–Kier alpha value is -0.487. The Morgan fingerprint density at radius 2 is 1.28 bits per heavy atom. The smallest absolute Gasteiger partial charge is 1.00 e. The normalized spacial score (nSPS) is 8.89. The van der Waals surface area contributed by atoms with Gasteiger partial charge in [-0.3, -0.25) is 0 Å². The minimum atomic E-state index is 0. The van der Waals surface area contributed by atoms with E-state index in [9.17, 15) is 0 Å². The van der Waals surface area contributed by atoms with Gasteiger partial charge in [0.2, 0.25) is 0 Å². The van der Waals surface area contributed by atoms with Crippen LogP contribution in [0.3, 0.4) is 0 Å². The fraction of sp³-hybridized carbons (Fsp3) is 0. The predicted molar refractivity (Wildman–Crippen MR) is 65.0 cm³/mol. The van der Waals surface area contributed by atoms with E-state index in [0.717, 1.165) is 0 Å². The molecule has 0 saturated heterocycles. The molecule has 0 heterocycles. The van der Waals surface area contributed by atoms with Crippen LogP contribution in [0.1, 0.15) is 0 Å². The Kier molecular flexibility index (Phi) is 7.63. The quantitative estimate of drug-likeness (QED) is 0.455. The number of hydrogen-bond donors (Lipinski definition) is 0. The van der Waals surface area contributed by atoms with Crippen LogP contribution in [0.15, 0.2) is 66.7 Å². The summed E-state index contributed by atoms with van der Waals surface area (Å²) in [5, 5.41) is 2.63. The Labute approximate surface area is 139 Å². The van der Waals surface area contributed by atoms with E-state index >= 15 is 0 Å². The van der Waals surface area contributed by atoms with Gasteiger partial charge in [-0.1, -0.05) is 52.7 Å². The summed E-state index contributed by atoms with van der Waals surface area (Å²) in [5.74, 6) is 0. The van der Waals surface area contributed by atoms with Crippen molar-refractivity contribution in [1.29, 1.82) is 0 Å². The zero-order chi connectivity index (χ0) is 10.1. The molecule has 0 nitrogen and oxygen atoms in total. The Morgan fingerprint density at radius 3 is 2.00 bits per heavy atom. The van der Waals surface area contributed by atoms with Crippen LogP contribution in [0.4, 0.5) is 0 Å². The van der Waals surface area contributed by atoms with Gasteiger partial charge >= 0.3 is 26.2 Å². The summed E-state index contributed by atoms with van der Waals surface area (Å²) in [6.07, 6.45) is 0. The van der Waals surface area contributed by atoms with Crippen LogP contribution in [0.25, 0.3) is 21.9 Å². The van der Waals surface area contributed by atoms with E-state index < -0.39 is 0 Å². The summed E-state index contributed by atoms with van der Waals surface area (Å²) in [7, 11) is 0. The van der Waals surface area contributed by atoms with Gasteiger partial charge in [-0.2, -0.15) is 12.1 Å². The summed E-state index contributed by atoms with van der Waals surface area (Å²) in [6, 6.07) is 23.4. The number of hydrogen-bond acceptors (Lipinski definition) is 0. The van der Waals surface area contributed by atoms with Gasteiger partial charge in [-0.05, 0) is 0 Å². The van der Waals surface area contributed by atoms with Crippen molar-refractivity contribution in [3.8, 4) is 11.1 Å². The first-order valence-electron chi connectivity index (χ1n) is 5.15. The van der Waals surface area contributed by atoms with Crippen molar-refractivity contribution in [3.63, 3.8) is 0 Å². The molecule has 0 fully saturated rings. The molecule has 0 unspecified atom stereocenters. The van der Waals surface area contributed by atoms with Crippen LogP contribution < -0.4 is 24.8 Å². The van der Waals surface area contributed by atoms with Crippen LogP contribution in [0.5, 0.6) is 0 Å². The summed E-state index contributed by atoms with van der Waals surface area (Å²) >= 11 is 0. The maximum atomic E-state index is 2.18. The van der Waals surface area contributed by atoms with E-state index in [1.54, 1.807) is 0 Å². The van der Waals surface area contributed by atoms with Crippen molar-refractivity contribution in [2.24, 2.45) is 0 Å². The van der Waals surface area contributed by atoms with Crippen LogP contribution in [-0.4, -0.2) is 0 Å². The number of benzene rings is 2. The maximum Gasteiger partial charge on any atom is 3.00 e. The summed E-state index contributed by atoms with van der Waals surface area (Å²) in [6.45, 7) is 0. The van der Waals surface area contributed by atoms with Crippen molar-refractivity contribution in [3.05, 3.63) is 66.7 Å². The van der Waals surface area contributed by atoms with Gasteiger partial charge in [0, 0.05) is 0 Å². The molecule has 0 aliphatic heterocycles. The first-order chi connectivity index (χ1) is 7.45. The molecular formula is C15H11Cl2Zr. The number of rotatable bonds is 1. The second kappa shape index (κ2) is 7.84. The van der Waals surface area contributed by atoms with Gasteiger partial charge in [0.25, 0.3) is 0 Å². The molecule has 18 heavy (non-hydrogen) atoms. The van der Waals surface area contributed by atoms with E-state index in [-0.39, 0.29) is 51.0 Å². The zero-order valence-corrected chi connectivity index (χ0v) is 13.6. The molecule has 0 saturated carbocycles. The molecule has 0 N–H and O–H groups in total. The van der Waals surface area contributed by atoms with E-state index in [4.69, 9.17) is 0 Å². The predicted octanol–water partition coefficient (Wildman–Crippen LogP) is -1.77. The minimum Gasteiger partial charge on any atom is -1.00 e. The average molecular weight is 353 g/mol. The molecule has 0 atom stereocenters. The van der Waals surface area contributed by atoms with Crippen LogP contribution in [0, 0.1) is 0 Å². The van der Waals surface area contributed by atoms with E-state index in [2.05, 4.69) is 66.7 Å². The van der Waals surface area contributed by atoms with Gasteiger partial charge < -0.3 is 24.8 Å². The molecular weight excluding hydrogens is 342 g/mol. The van der Waals surface area contributed by atoms with Gasteiger partial charge in [-0.25, -0.2) is 0 Å². The second-order valence-corrected chi connectivity index (χ2v) is 3.70. The van der Waals surface area contributed by atoms with Gasteiger partial charge in [0.1, 0.15) is 0 Å². The van der Waals surface area contributed by atoms with Crippen LogP contribution >= 0.6 is 0 Å². The van der Waals surface area contributed by atoms with Crippen LogP contribution in [-0.2, 0) is 26.2 Å². The standard InChI is InChI=1S/C15H11.2ClH.Zr/c1-2-7-12(6-1)15-11-5-9-13-8-3-4-10-14(13)15;;;/h1-11H;2*1H;/q-1;;;+3/p-2. The molecule has 0 aliphatic rings. The van der Waals surface area contributed by atoms with Gasteiger partial charge in [-0.15, -0.1) is 23.8 Å². The molecule has 0 amide bonds. The van der Waals surface area contributed by atoms with E-state index in [1.807, 2.05) is 0 Å². The summed E-state index contributed by atoms with van der Waals surface area (Å²) in [5.41, 5.74) is 2.62.